The smallest absolute Gasteiger partial charge is 0.322 e. The van der Waals surface area contributed by atoms with E-state index < -0.39 is 23.2 Å². The number of hydrogen-bond donors (Lipinski definition) is 1. The topological polar surface area (TPSA) is 29.1 Å². The van der Waals surface area contributed by atoms with E-state index in [4.69, 9.17) is 23.2 Å². The predicted molar refractivity (Wildman–Crippen MR) is 75.9 cm³/mol. The lowest BCUT2D eigenvalue weighted by atomic mass is 10.1. The molecule has 0 heterocycles. The molecule has 0 aliphatic carbocycles. The second-order valence-corrected chi connectivity index (χ2v) is 4.94. The summed E-state index contributed by atoms with van der Waals surface area (Å²) in [7, 11) is 0. The third-order valence-corrected chi connectivity index (χ3v) is 3.39. The van der Waals surface area contributed by atoms with Gasteiger partial charge < -0.3 is 5.32 Å². The molecule has 2 aromatic carbocycles. The monoisotopic (exact) mass is 333 g/mol. The zero-order valence-corrected chi connectivity index (χ0v) is 11.9. The van der Waals surface area contributed by atoms with Gasteiger partial charge in [-0.1, -0.05) is 35.3 Å². The van der Waals surface area contributed by atoms with Crippen LogP contribution in [0.5, 0.6) is 0 Å². The van der Waals surface area contributed by atoms with Gasteiger partial charge in [-0.2, -0.15) is 13.2 Å². The van der Waals surface area contributed by atoms with Crippen LogP contribution in [0.3, 0.4) is 0 Å². The van der Waals surface area contributed by atoms with E-state index in [1.165, 1.54) is 30.3 Å². The van der Waals surface area contributed by atoms with Crippen molar-refractivity contribution in [2.24, 2.45) is 0 Å². The summed E-state index contributed by atoms with van der Waals surface area (Å²) in [5.74, 6) is -0.874. The Balaban J connectivity index is 2.31. The summed E-state index contributed by atoms with van der Waals surface area (Å²) in [6.45, 7) is 0. The normalized spacial score (nSPS) is 11.3. The Hall–Kier alpha value is -1.72. The summed E-state index contributed by atoms with van der Waals surface area (Å²) in [5, 5.41) is 2.83. The van der Waals surface area contributed by atoms with Gasteiger partial charge in [-0.25, -0.2) is 0 Å². The SMILES string of the molecule is O=C(Nc1ccc(Cl)c(Cl)c1)c1ccccc1C(F)(F)F. The van der Waals surface area contributed by atoms with Crippen molar-refractivity contribution in [2.75, 3.05) is 5.32 Å². The van der Waals surface area contributed by atoms with Gasteiger partial charge >= 0.3 is 6.18 Å². The van der Waals surface area contributed by atoms with E-state index >= 15 is 0 Å². The molecule has 1 N–H and O–H groups in total. The number of nitrogens with one attached hydrogen (secondary N) is 1. The van der Waals surface area contributed by atoms with Crippen LogP contribution in [-0.2, 0) is 6.18 Å². The number of benzene rings is 2. The maximum atomic E-state index is 12.8. The second-order valence-electron chi connectivity index (χ2n) is 4.13. The lowest BCUT2D eigenvalue weighted by Crippen LogP contribution is -2.18. The highest BCUT2D eigenvalue weighted by Gasteiger charge is 2.34. The number of halogens is 5. The average molecular weight is 334 g/mol. The molecule has 0 saturated carbocycles. The molecule has 0 unspecified atom stereocenters. The standard InChI is InChI=1S/C14H8Cl2F3NO/c15-11-6-5-8(7-12(11)16)20-13(21)9-3-1-2-4-10(9)14(17,18)19/h1-7H,(H,20,21). The molecule has 0 aromatic heterocycles. The van der Waals surface area contributed by atoms with Crippen molar-refractivity contribution in [3.05, 3.63) is 63.6 Å². The quantitative estimate of drug-likeness (QED) is 0.797. The van der Waals surface area contributed by atoms with Crippen LogP contribution in [0.15, 0.2) is 42.5 Å². The minimum absolute atomic E-state index is 0.193. The van der Waals surface area contributed by atoms with Crippen LogP contribution in [0, 0.1) is 0 Å². The van der Waals surface area contributed by atoms with Crippen molar-refractivity contribution in [1.82, 2.24) is 0 Å². The summed E-state index contributed by atoms with van der Waals surface area (Å²) < 4.78 is 38.5. The Morgan fingerprint density at radius 2 is 1.67 bits per heavy atom. The minimum atomic E-state index is -4.61. The molecule has 0 fully saturated rings. The number of anilines is 1. The number of hydrogen-bond acceptors (Lipinski definition) is 1. The molecule has 0 atom stereocenters. The highest BCUT2D eigenvalue weighted by Crippen LogP contribution is 2.32. The first kappa shape index (κ1) is 15.7. The lowest BCUT2D eigenvalue weighted by Gasteiger charge is -2.12. The molecule has 21 heavy (non-hydrogen) atoms. The zero-order valence-electron chi connectivity index (χ0n) is 10.3. The number of alkyl halides is 3. The van der Waals surface area contributed by atoms with E-state index in [1.54, 1.807) is 0 Å². The fraction of sp³-hybridized carbons (Fsp3) is 0.0714. The van der Waals surface area contributed by atoms with Crippen LogP contribution in [0.4, 0.5) is 18.9 Å². The first-order valence-electron chi connectivity index (χ1n) is 5.71. The van der Waals surface area contributed by atoms with Crippen molar-refractivity contribution in [1.29, 1.82) is 0 Å². The molecule has 110 valence electrons. The van der Waals surface area contributed by atoms with Crippen LogP contribution < -0.4 is 5.32 Å². The van der Waals surface area contributed by atoms with Gasteiger partial charge in [0.1, 0.15) is 0 Å². The molecule has 7 heteroatoms. The molecule has 1 amide bonds. The molecule has 0 spiro atoms. The van der Waals surface area contributed by atoms with E-state index in [1.807, 2.05) is 0 Å². The maximum absolute atomic E-state index is 12.8. The fourth-order valence-electron chi connectivity index (χ4n) is 1.70. The van der Waals surface area contributed by atoms with Crippen molar-refractivity contribution in [3.8, 4) is 0 Å². The van der Waals surface area contributed by atoms with E-state index in [0.29, 0.717) is 0 Å². The van der Waals surface area contributed by atoms with Crippen LogP contribution >= 0.6 is 23.2 Å². The second kappa shape index (κ2) is 5.95. The Morgan fingerprint density at radius 3 is 2.29 bits per heavy atom. The van der Waals surface area contributed by atoms with Gasteiger partial charge in [-0.3, -0.25) is 4.79 Å². The van der Waals surface area contributed by atoms with E-state index in [9.17, 15) is 18.0 Å². The van der Waals surface area contributed by atoms with Gasteiger partial charge in [-0.05, 0) is 30.3 Å². The summed E-state index contributed by atoms with van der Waals surface area (Å²) in [4.78, 5) is 12.0. The third-order valence-electron chi connectivity index (χ3n) is 2.65. The number of carbonyl (C=O) groups is 1. The highest BCUT2D eigenvalue weighted by molar-refractivity contribution is 6.42. The minimum Gasteiger partial charge on any atom is -0.322 e. The van der Waals surface area contributed by atoms with Crippen LogP contribution in [0.25, 0.3) is 0 Å². The molecular weight excluding hydrogens is 326 g/mol. The van der Waals surface area contributed by atoms with Crippen molar-refractivity contribution in [2.45, 2.75) is 6.18 Å². The van der Waals surface area contributed by atoms with Crippen LogP contribution in [0.2, 0.25) is 10.0 Å². The highest BCUT2D eigenvalue weighted by atomic mass is 35.5. The first-order chi connectivity index (χ1) is 9.79. The van der Waals surface area contributed by atoms with Crippen molar-refractivity contribution < 1.29 is 18.0 Å². The summed E-state index contributed by atoms with van der Waals surface area (Å²) in [6.07, 6.45) is -4.61. The molecule has 0 bridgehead atoms. The third kappa shape index (κ3) is 3.68. The Kier molecular flexibility index (Phi) is 4.44. The largest absolute Gasteiger partial charge is 0.417 e. The Labute approximate surface area is 128 Å². The maximum Gasteiger partial charge on any atom is 0.417 e. The summed E-state index contributed by atoms with van der Waals surface area (Å²) in [5.41, 5.74) is -1.20. The van der Waals surface area contributed by atoms with E-state index in [-0.39, 0.29) is 15.7 Å². The number of amides is 1. The molecule has 2 aromatic rings. The predicted octanol–water partition coefficient (Wildman–Crippen LogP) is 5.26. The van der Waals surface area contributed by atoms with Crippen molar-refractivity contribution in [3.63, 3.8) is 0 Å². The van der Waals surface area contributed by atoms with Gasteiger partial charge in [0.05, 0.1) is 21.2 Å². The summed E-state index contributed by atoms with van der Waals surface area (Å²) >= 11 is 11.5. The van der Waals surface area contributed by atoms with E-state index in [0.717, 1.165) is 12.1 Å². The van der Waals surface area contributed by atoms with Gasteiger partial charge in [0.2, 0.25) is 0 Å². The van der Waals surface area contributed by atoms with Crippen molar-refractivity contribution >= 4 is 34.8 Å². The van der Waals surface area contributed by atoms with Crippen LogP contribution in [-0.4, -0.2) is 5.91 Å². The molecule has 2 rings (SSSR count). The Bertz CT molecular complexity index is 686. The molecular formula is C14H8Cl2F3NO. The van der Waals surface area contributed by atoms with Gasteiger partial charge in [-0.15, -0.1) is 0 Å². The molecule has 2 nitrogen and oxygen atoms in total. The molecule has 0 aliphatic heterocycles. The number of rotatable bonds is 2. The van der Waals surface area contributed by atoms with Gasteiger partial charge in [0.25, 0.3) is 5.91 Å². The van der Waals surface area contributed by atoms with Gasteiger partial charge in [0.15, 0.2) is 0 Å². The lowest BCUT2D eigenvalue weighted by molar-refractivity contribution is -0.137. The average Bonchev–Trinajstić information content (AvgIpc) is 2.42. The molecule has 0 saturated heterocycles. The van der Waals surface area contributed by atoms with Gasteiger partial charge in [0, 0.05) is 5.69 Å². The molecule has 0 radical (unpaired) electrons. The summed E-state index contributed by atoms with van der Waals surface area (Å²) in [6, 6.07) is 8.78. The van der Waals surface area contributed by atoms with Crippen LogP contribution in [0.1, 0.15) is 15.9 Å². The fourth-order valence-corrected chi connectivity index (χ4v) is 2.00. The molecule has 0 aliphatic rings. The number of carbonyl (C=O) groups excluding carboxylic acids is 1. The zero-order chi connectivity index (χ0) is 15.6. The first-order valence-corrected chi connectivity index (χ1v) is 6.47. The van der Waals surface area contributed by atoms with E-state index in [2.05, 4.69) is 5.32 Å². The Morgan fingerprint density at radius 1 is 1.00 bits per heavy atom.